The number of rotatable bonds is 2. The zero-order valence-electron chi connectivity index (χ0n) is 12.0. The predicted molar refractivity (Wildman–Crippen MR) is 75.7 cm³/mol. The van der Waals surface area contributed by atoms with Gasteiger partial charge in [-0.3, -0.25) is 4.90 Å². The third-order valence-electron chi connectivity index (χ3n) is 3.83. The maximum absolute atomic E-state index is 12.2. The van der Waals surface area contributed by atoms with E-state index in [0.29, 0.717) is 6.54 Å². The molecule has 0 N–H and O–H groups in total. The van der Waals surface area contributed by atoms with Gasteiger partial charge in [0, 0.05) is 6.54 Å². The second-order valence-corrected chi connectivity index (χ2v) is 5.86. The van der Waals surface area contributed by atoms with Crippen LogP contribution in [0, 0.1) is 16.7 Å². The van der Waals surface area contributed by atoms with E-state index in [4.69, 9.17) is 4.74 Å². The van der Waals surface area contributed by atoms with Gasteiger partial charge in [0.05, 0.1) is 6.07 Å². The van der Waals surface area contributed by atoms with E-state index in [9.17, 15) is 10.1 Å². The summed E-state index contributed by atoms with van der Waals surface area (Å²) in [7, 11) is 0. The lowest BCUT2D eigenvalue weighted by Gasteiger charge is -2.41. The lowest BCUT2D eigenvalue weighted by molar-refractivity contribution is 0.0406. The summed E-state index contributed by atoms with van der Waals surface area (Å²) < 4.78 is 5.33. The average Bonchev–Trinajstić information content (AvgIpc) is 2.44. The Hall–Kier alpha value is -2.02. The van der Waals surface area contributed by atoms with E-state index >= 15 is 0 Å². The number of hydrogen-bond donors (Lipinski definition) is 0. The van der Waals surface area contributed by atoms with Crippen molar-refractivity contribution >= 4 is 6.09 Å². The van der Waals surface area contributed by atoms with Gasteiger partial charge in [-0.2, -0.15) is 5.26 Å². The Morgan fingerprint density at radius 3 is 2.80 bits per heavy atom. The van der Waals surface area contributed by atoms with E-state index in [1.54, 1.807) is 4.90 Å². The highest BCUT2D eigenvalue weighted by Gasteiger charge is 2.40. The van der Waals surface area contributed by atoms with Gasteiger partial charge >= 0.3 is 6.09 Å². The van der Waals surface area contributed by atoms with Crippen LogP contribution in [0.4, 0.5) is 4.79 Å². The molecule has 20 heavy (non-hydrogen) atoms. The molecular weight excluding hydrogens is 252 g/mol. The fourth-order valence-corrected chi connectivity index (χ4v) is 2.64. The minimum atomic E-state index is -0.417. The number of carbonyl (C=O) groups is 1. The van der Waals surface area contributed by atoms with Crippen LogP contribution in [0.2, 0.25) is 0 Å². The lowest BCUT2D eigenvalue weighted by atomic mass is 9.77. The van der Waals surface area contributed by atoms with Gasteiger partial charge in [-0.05, 0) is 23.8 Å². The van der Waals surface area contributed by atoms with Crippen LogP contribution >= 0.6 is 0 Å². The molecule has 1 saturated heterocycles. The van der Waals surface area contributed by atoms with Crippen LogP contribution in [0.25, 0.3) is 0 Å². The minimum absolute atomic E-state index is 0.182. The van der Waals surface area contributed by atoms with Gasteiger partial charge in [0.15, 0.2) is 0 Å². The second kappa shape index (κ2) is 5.96. The molecule has 0 spiro atoms. The first-order valence-corrected chi connectivity index (χ1v) is 6.91. The van der Waals surface area contributed by atoms with Gasteiger partial charge in [0.1, 0.15) is 12.6 Å². The third-order valence-corrected chi connectivity index (χ3v) is 3.83. The molecule has 1 heterocycles. The van der Waals surface area contributed by atoms with E-state index in [1.807, 2.05) is 44.2 Å². The van der Waals surface area contributed by atoms with Crippen molar-refractivity contribution in [2.24, 2.45) is 5.41 Å². The number of hydrogen-bond acceptors (Lipinski definition) is 3. The number of piperidine rings is 1. The van der Waals surface area contributed by atoms with Gasteiger partial charge in [0.2, 0.25) is 0 Å². The molecule has 1 aliphatic rings. The van der Waals surface area contributed by atoms with Gasteiger partial charge in [-0.15, -0.1) is 0 Å². The average molecular weight is 272 g/mol. The number of nitriles is 1. The van der Waals surface area contributed by atoms with Crippen LogP contribution in [0.3, 0.4) is 0 Å². The van der Waals surface area contributed by atoms with Gasteiger partial charge in [-0.1, -0.05) is 44.2 Å². The van der Waals surface area contributed by atoms with Crippen molar-refractivity contribution in [3.63, 3.8) is 0 Å². The zero-order valence-corrected chi connectivity index (χ0v) is 12.0. The standard InChI is InChI=1S/C16H20N2O2/c1-16(2)9-6-10-18(14(16)11-17)15(19)20-12-13-7-4-3-5-8-13/h3-5,7-8,14H,6,9-10,12H2,1-2H3. The fourth-order valence-electron chi connectivity index (χ4n) is 2.64. The van der Waals surface area contributed by atoms with Crippen molar-refractivity contribution in [3.8, 4) is 6.07 Å². The molecule has 1 aliphatic heterocycles. The summed E-state index contributed by atoms with van der Waals surface area (Å²) in [6.45, 7) is 4.89. The molecule has 4 heteroatoms. The van der Waals surface area contributed by atoms with Gasteiger partial charge in [0.25, 0.3) is 0 Å². The van der Waals surface area contributed by atoms with E-state index < -0.39 is 12.1 Å². The molecule has 1 amide bonds. The van der Waals surface area contributed by atoms with E-state index in [2.05, 4.69) is 6.07 Å². The molecule has 1 fully saturated rings. The smallest absolute Gasteiger partial charge is 0.411 e. The van der Waals surface area contributed by atoms with Gasteiger partial charge in [-0.25, -0.2) is 4.79 Å². The summed E-state index contributed by atoms with van der Waals surface area (Å²) in [4.78, 5) is 13.7. The highest BCUT2D eigenvalue weighted by molar-refractivity contribution is 5.69. The SMILES string of the molecule is CC1(C)CCCN(C(=O)OCc2ccccc2)C1C#N. The Kier molecular flexibility index (Phi) is 4.29. The predicted octanol–water partition coefficient (Wildman–Crippen LogP) is 3.34. The van der Waals surface area contributed by atoms with Gasteiger partial charge < -0.3 is 4.74 Å². The number of carbonyl (C=O) groups excluding carboxylic acids is 1. The fraction of sp³-hybridized carbons (Fsp3) is 0.500. The highest BCUT2D eigenvalue weighted by Crippen LogP contribution is 2.35. The topological polar surface area (TPSA) is 53.3 Å². The van der Waals surface area contributed by atoms with Crippen molar-refractivity contribution in [3.05, 3.63) is 35.9 Å². The molecule has 1 atom stereocenters. The molecular formula is C16H20N2O2. The first-order valence-electron chi connectivity index (χ1n) is 6.91. The molecule has 0 aromatic heterocycles. The summed E-state index contributed by atoms with van der Waals surface area (Å²) in [6, 6.07) is 11.4. The van der Waals surface area contributed by atoms with Crippen molar-refractivity contribution in [2.45, 2.75) is 39.3 Å². The Bertz CT molecular complexity index is 505. The number of benzene rings is 1. The Labute approximate surface area is 120 Å². The molecule has 0 radical (unpaired) electrons. The van der Waals surface area contributed by atoms with Crippen LogP contribution in [0.1, 0.15) is 32.3 Å². The molecule has 1 aromatic rings. The van der Waals surface area contributed by atoms with E-state index in [1.165, 1.54) is 0 Å². The quantitative estimate of drug-likeness (QED) is 0.829. The molecule has 2 rings (SSSR count). The van der Waals surface area contributed by atoms with Crippen LogP contribution in [0.5, 0.6) is 0 Å². The monoisotopic (exact) mass is 272 g/mol. The Balaban J connectivity index is 1.99. The van der Waals surface area contributed by atoms with Crippen molar-refractivity contribution in [1.29, 1.82) is 5.26 Å². The van der Waals surface area contributed by atoms with Crippen LogP contribution in [0.15, 0.2) is 30.3 Å². The van der Waals surface area contributed by atoms with E-state index in [0.717, 1.165) is 18.4 Å². The van der Waals surface area contributed by atoms with Crippen LogP contribution < -0.4 is 0 Å². The maximum atomic E-state index is 12.2. The van der Waals surface area contributed by atoms with Crippen LogP contribution in [-0.2, 0) is 11.3 Å². The Morgan fingerprint density at radius 2 is 2.15 bits per heavy atom. The van der Waals surface area contributed by atoms with Crippen molar-refractivity contribution < 1.29 is 9.53 Å². The normalized spacial score (nSPS) is 21.1. The number of likely N-dealkylation sites (tertiary alicyclic amines) is 1. The second-order valence-electron chi connectivity index (χ2n) is 5.86. The number of amides is 1. The summed E-state index contributed by atoms with van der Waals surface area (Å²) in [5.74, 6) is 0. The Morgan fingerprint density at radius 1 is 1.45 bits per heavy atom. The third kappa shape index (κ3) is 3.11. The molecule has 0 bridgehead atoms. The van der Waals surface area contributed by atoms with E-state index in [-0.39, 0.29) is 12.0 Å². The molecule has 106 valence electrons. The van der Waals surface area contributed by atoms with Crippen LogP contribution in [-0.4, -0.2) is 23.6 Å². The first kappa shape index (κ1) is 14.4. The van der Waals surface area contributed by atoms with Crippen molar-refractivity contribution in [2.75, 3.05) is 6.54 Å². The largest absolute Gasteiger partial charge is 0.445 e. The lowest BCUT2D eigenvalue weighted by Crippen LogP contribution is -2.51. The maximum Gasteiger partial charge on any atom is 0.411 e. The van der Waals surface area contributed by atoms with Crippen molar-refractivity contribution in [1.82, 2.24) is 4.90 Å². The summed E-state index contributed by atoms with van der Waals surface area (Å²) >= 11 is 0. The zero-order chi connectivity index (χ0) is 14.6. The summed E-state index contributed by atoms with van der Waals surface area (Å²) in [5, 5.41) is 9.33. The number of nitrogens with zero attached hydrogens (tertiary/aromatic N) is 2. The molecule has 4 nitrogen and oxygen atoms in total. The first-order chi connectivity index (χ1) is 9.54. The molecule has 1 unspecified atom stereocenters. The summed E-state index contributed by atoms with van der Waals surface area (Å²) in [6.07, 6.45) is 1.47. The highest BCUT2D eigenvalue weighted by atomic mass is 16.6. The molecule has 0 aliphatic carbocycles. The minimum Gasteiger partial charge on any atom is -0.445 e. The molecule has 1 aromatic carbocycles. The summed E-state index contributed by atoms with van der Waals surface area (Å²) in [5.41, 5.74) is 0.768. The number of ether oxygens (including phenoxy) is 1. The molecule has 0 saturated carbocycles.